The zero-order chi connectivity index (χ0) is 14.0. The van der Waals surface area contributed by atoms with Crippen molar-refractivity contribution in [3.8, 4) is 5.75 Å². The van der Waals surface area contributed by atoms with Gasteiger partial charge in [-0.15, -0.1) is 11.6 Å². The number of benzene rings is 1. The van der Waals surface area contributed by atoms with Crippen LogP contribution in [-0.2, 0) is 0 Å². The summed E-state index contributed by atoms with van der Waals surface area (Å²) >= 11 is 6.33. The smallest absolute Gasteiger partial charge is 0.269 e. The average Bonchev–Trinajstić information content (AvgIpc) is 2.40. The molecule has 1 aromatic rings. The number of halogens is 1. The summed E-state index contributed by atoms with van der Waals surface area (Å²) in [5, 5.41) is 10.7. The molecule has 0 bridgehead atoms. The van der Waals surface area contributed by atoms with Crippen LogP contribution in [0.15, 0.2) is 24.3 Å². The molecule has 104 valence electrons. The first-order valence-electron chi connectivity index (χ1n) is 6.58. The Labute approximate surface area is 117 Å². The Morgan fingerprint density at radius 1 is 1.37 bits per heavy atom. The second kappa shape index (κ2) is 5.37. The van der Waals surface area contributed by atoms with Crippen molar-refractivity contribution in [2.75, 3.05) is 0 Å². The van der Waals surface area contributed by atoms with E-state index in [1.807, 2.05) is 0 Å². The van der Waals surface area contributed by atoms with E-state index >= 15 is 0 Å². The van der Waals surface area contributed by atoms with Gasteiger partial charge in [0.25, 0.3) is 5.69 Å². The summed E-state index contributed by atoms with van der Waals surface area (Å²) in [6.45, 7) is 4.26. The third-order valence-corrected chi connectivity index (χ3v) is 4.94. The third-order valence-electron chi connectivity index (χ3n) is 4.33. The predicted octanol–water partition coefficient (Wildman–Crippen LogP) is 4.16. The molecule has 0 aromatic heterocycles. The highest BCUT2D eigenvalue weighted by Gasteiger charge is 2.53. The van der Waals surface area contributed by atoms with E-state index in [1.54, 1.807) is 12.1 Å². The van der Waals surface area contributed by atoms with Crippen molar-refractivity contribution in [2.45, 2.75) is 44.6 Å². The van der Waals surface area contributed by atoms with E-state index < -0.39 is 4.92 Å². The molecule has 2 unspecified atom stereocenters. The normalized spacial score (nSPS) is 24.6. The first-order chi connectivity index (χ1) is 9.03. The van der Waals surface area contributed by atoms with Crippen LogP contribution in [0.1, 0.15) is 33.1 Å². The monoisotopic (exact) mass is 283 g/mol. The Hall–Kier alpha value is -1.29. The standard InChI is InChI=1S/C14H18ClNO3/c1-3-14(4-2)12(15)9-13(14)19-11-7-5-10(6-8-11)16(17)18/h5-8,12-13H,3-4,9H2,1-2H3. The molecular weight excluding hydrogens is 266 g/mol. The van der Waals surface area contributed by atoms with Crippen LogP contribution in [0, 0.1) is 15.5 Å². The lowest BCUT2D eigenvalue weighted by atomic mass is 9.62. The quantitative estimate of drug-likeness (QED) is 0.463. The van der Waals surface area contributed by atoms with Crippen LogP contribution < -0.4 is 4.74 Å². The largest absolute Gasteiger partial charge is 0.490 e. The summed E-state index contributed by atoms with van der Waals surface area (Å²) in [4.78, 5) is 10.2. The van der Waals surface area contributed by atoms with Crippen LogP contribution in [0.2, 0.25) is 0 Å². The van der Waals surface area contributed by atoms with Crippen LogP contribution in [0.25, 0.3) is 0 Å². The molecule has 0 N–H and O–H groups in total. The van der Waals surface area contributed by atoms with Crippen LogP contribution in [-0.4, -0.2) is 16.4 Å². The summed E-state index contributed by atoms with van der Waals surface area (Å²) in [7, 11) is 0. The topological polar surface area (TPSA) is 52.4 Å². The molecule has 0 amide bonds. The minimum atomic E-state index is -0.412. The van der Waals surface area contributed by atoms with Crippen molar-refractivity contribution in [1.29, 1.82) is 0 Å². The van der Waals surface area contributed by atoms with E-state index in [4.69, 9.17) is 16.3 Å². The van der Waals surface area contributed by atoms with Gasteiger partial charge in [-0.2, -0.15) is 0 Å². The molecule has 4 nitrogen and oxygen atoms in total. The molecule has 0 heterocycles. The van der Waals surface area contributed by atoms with Gasteiger partial charge in [0.2, 0.25) is 0 Å². The number of nitrogens with zero attached hydrogens (tertiary/aromatic N) is 1. The van der Waals surface area contributed by atoms with Crippen molar-refractivity contribution in [3.63, 3.8) is 0 Å². The van der Waals surface area contributed by atoms with Crippen LogP contribution in [0.4, 0.5) is 5.69 Å². The number of non-ortho nitro benzene ring substituents is 1. The van der Waals surface area contributed by atoms with E-state index in [-0.39, 0.29) is 22.6 Å². The fourth-order valence-corrected chi connectivity index (χ4v) is 3.43. The summed E-state index contributed by atoms with van der Waals surface area (Å²) in [5.41, 5.74) is 0.108. The number of alkyl halides is 1. The number of nitro benzene ring substituents is 1. The van der Waals surface area contributed by atoms with Gasteiger partial charge >= 0.3 is 0 Å². The first-order valence-corrected chi connectivity index (χ1v) is 7.02. The predicted molar refractivity (Wildman–Crippen MR) is 74.8 cm³/mol. The fraction of sp³-hybridized carbons (Fsp3) is 0.571. The van der Waals surface area contributed by atoms with Crippen LogP contribution in [0.3, 0.4) is 0 Å². The number of ether oxygens (including phenoxy) is 1. The molecule has 0 aliphatic heterocycles. The van der Waals surface area contributed by atoms with Gasteiger partial charge in [0, 0.05) is 29.3 Å². The van der Waals surface area contributed by atoms with Crippen molar-refractivity contribution < 1.29 is 9.66 Å². The number of hydrogen-bond acceptors (Lipinski definition) is 3. The molecule has 1 aliphatic rings. The molecule has 1 fully saturated rings. The molecular formula is C14H18ClNO3. The Bertz CT molecular complexity index is 456. The molecule has 0 spiro atoms. The summed E-state index contributed by atoms with van der Waals surface area (Å²) in [6.07, 6.45) is 2.90. The summed E-state index contributed by atoms with van der Waals surface area (Å²) in [6, 6.07) is 6.23. The molecule has 0 radical (unpaired) electrons. The summed E-state index contributed by atoms with van der Waals surface area (Å²) < 4.78 is 5.95. The highest BCUT2D eigenvalue weighted by molar-refractivity contribution is 6.21. The molecule has 19 heavy (non-hydrogen) atoms. The van der Waals surface area contributed by atoms with Gasteiger partial charge < -0.3 is 4.74 Å². The van der Waals surface area contributed by atoms with Crippen molar-refractivity contribution in [2.24, 2.45) is 5.41 Å². The van der Waals surface area contributed by atoms with Gasteiger partial charge in [-0.05, 0) is 25.0 Å². The van der Waals surface area contributed by atoms with Crippen molar-refractivity contribution in [3.05, 3.63) is 34.4 Å². The molecule has 1 aliphatic carbocycles. The van der Waals surface area contributed by atoms with Gasteiger partial charge in [-0.1, -0.05) is 13.8 Å². The van der Waals surface area contributed by atoms with Crippen molar-refractivity contribution >= 4 is 17.3 Å². The molecule has 2 atom stereocenters. The number of nitro groups is 1. The van der Waals surface area contributed by atoms with Crippen molar-refractivity contribution in [1.82, 2.24) is 0 Å². The SMILES string of the molecule is CCC1(CC)C(Cl)CC1Oc1ccc([N+](=O)[O-])cc1. The minimum Gasteiger partial charge on any atom is -0.490 e. The second-order valence-corrected chi connectivity index (χ2v) is 5.53. The number of hydrogen-bond donors (Lipinski definition) is 0. The highest BCUT2D eigenvalue weighted by atomic mass is 35.5. The van der Waals surface area contributed by atoms with Gasteiger partial charge in [-0.3, -0.25) is 10.1 Å². The zero-order valence-electron chi connectivity index (χ0n) is 11.1. The molecule has 1 aromatic carbocycles. The average molecular weight is 284 g/mol. The maximum atomic E-state index is 10.6. The fourth-order valence-electron chi connectivity index (χ4n) is 2.82. The van der Waals surface area contributed by atoms with Gasteiger partial charge in [0.05, 0.1) is 4.92 Å². The Kier molecular flexibility index (Phi) is 3.99. The van der Waals surface area contributed by atoms with Crippen LogP contribution >= 0.6 is 11.6 Å². The molecule has 2 rings (SSSR count). The lowest BCUT2D eigenvalue weighted by Gasteiger charge is -2.52. The summed E-state index contributed by atoms with van der Waals surface area (Å²) in [5.74, 6) is 0.672. The lowest BCUT2D eigenvalue weighted by Crippen LogP contribution is -2.56. The van der Waals surface area contributed by atoms with E-state index in [0.29, 0.717) is 5.75 Å². The maximum absolute atomic E-state index is 10.6. The Morgan fingerprint density at radius 2 is 1.95 bits per heavy atom. The van der Waals surface area contributed by atoms with E-state index in [0.717, 1.165) is 19.3 Å². The minimum absolute atomic E-state index is 0.0311. The number of rotatable bonds is 5. The Balaban J connectivity index is 2.07. The third kappa shape index (κ3) is 2.41. The molecule has 1 saturated carbocycles. The van der Waals surface area contributed by atoms with E-state index in [2.05, 4.69) is 13.8 Å². The second-order valence-electron chi connectivity index (χ2n) is 5.00. The highest BCUT2D eigenvalue weighted by Crippen LogP contribution is 2.51. The molecule has 5 heteroatoms. The van der Waals surface area contributed by atoms with Gasteiger partial charge in [0.1, 0.15) is 11.9 Å². The first kappa shape index (κ1) is 14.1. The van der Waals surface area contributed by atoms with E-state index in [1.165, 1.54) is 12.1 Å². The van der Waals surface area contributed by atoms with Gasteiger partial charge in [0.15, 0.2) is 0 Å². The Morgan fingerprint density at radius 3 is 2.37 bits per heavy atom. The van der Waals surface area contributed by atoms with Gasteiger partial charge in [-0.25, -0.2) is 0 Å². The molecule has 0 saturated heterocycles. The lowest BCUT2D eigenvalue weighted by molar-refractivity contribution is -0.384. The van der Waals surface area contributed by atoms with E-state index in [9.17, 15) is 10.1 Å². The van der Waals surface area contributed by atoms with Crippen LogP contribution in [0.5, 0.6) is 5.75 Å². The maximum Gasteiger partial charge on any atom is 0.269 e. The zero-order valence-corrected chi connectivity index (χ0v) is 11.9.